The molecular formula is C16H14BNO4. The molecule has 1 aromatic heterocycles. The lowest BCUT2D eigenvalue weighted by molar-refractivity contribution is 0.142. The minimum atomic E-state index is -1.65. The second-order valence-corrected chi connectivity index (χ2v) is 4.88. The van der Waals surface area contributed by atoms with Gasteiger partial charge in [-0.25, -0.2) is 4.79 Å². The average molecular weight is 295 g/mol. The van der Waals surface area contributed by atoms with Crippen LogP contribution >= 0.6 is 0 Å². The van der Waals surface area contributed by atoms with Crippen molar-refractivity contribution >= 4 is 29.6 Å². The maximum absolute atomic E-state index is 12.2. The maximum Gasteiger partial charge on any atom is 0.490 e. The van der Waals surface area contributed by atoms with Crippen molar-refractivity contribution in [3.63, 3.8) is 0 Å². The zero-order chi connectivity index (χ0) is 15.5. The highest BCUT2D eigenvalue weighted by Crippen LogP contribution is 2.15. The van der Waals surface area contributed by atoms with Gasteiger partial charge in [0.05, 0.1) is 5.52 Å². The molecule has 0 radical (unpaired) electrons. The third-order valence-electron chi connectivity index (χ3n) is 3.42. The third kappa shape index (κ3) is 2.74. The van der Waals surface area contributed by atoms with Gasteiger partial charge in [0.15, 0.2) is 0 Å². The van der Waals surface area contributed by atoms with Crippen LogP contribution < -0.4 is 5.46 Å². The summed E-state index contributed by atoms with van der Waals surface area (Å²) in [7, 11) is -1.65. The molecule has 0 aliphatic rings. The number of rotatable bonds is 3. The van der Waals surface area contributed by atoms with Gasteiger partial charge < -0.3 is 14.8 Å². The summed E-state index contributed by atoms with van der Waals surface area (Å²) in [4.78, 5) is 12.2. The zero-order valence-corrected chi connectivity index (χ0v) is 11.7. The second-order valence-electron chi connectivity index (χ2n) is 4.88. The molecule has 2 N–H and O–H groups in total. The van der Waals surface area contributed by atoms with Gasteiger partial charge in [0.1, 0.15) is 6.61 Å². The lowest BCUT2D eigenvalue weighted by atomic mass is 9.79. The Bertz CT molecular complexity index is 798. The number of carbonyl (C=O) groups is 1. The highest BCUT2D eigenvalue weighted by atomic mass is 16.5. The van der Waals surface area contributed by atoms with E-state index in [0.717, 1.165) is 10.9 Å². The number of fused-ring (bicyclic) bond motifs is 1. The fourth-order valence-corrected chi connectivity index (χ4v) is 2.37. The van der Waals surface area contributed by atoms with E-state index in [1.807, 2.05) is 30.3 Å². The van der Waals surface area contributed by atoms with Crippen molar-refractivity contribution < 1.29 is 19.6 Å². The van der Waals surface area contributed by atoms with Crippen LogP contribution in [0.3, 0.4) is 0 Å². The summed E-state index contributed by atoms with van der Waals surface area (Å²) in [5, 5.41) is 19.6. The van der Waals surface area contributed by atoms with Crippen LogP contribution in [0.1, 0.15) is 5.56 Å². The number of ether oxygens (including phenoxy) is 1. The molecule has 0 aliphatic heterocycles. The molecule has 0 spiro atoms. The molecule has 22 heavy (non-hydrogen) atoms. The lowest BCUT2D eigenvalue weighted by Gasteiger charge is -2.09. The summed E-state index contributed by atoms with van der Waals surface area (Å²) in [5.41, 5.74) is 1.59. The highest BCUT2D eigenvalue weighted by molar-refractivity contribution is 6.61. The molecule has 2 aromatic carbocycles. The number of benzene rings is 2. The molecule has 0 unspecified atom stereocenters. The molecule has 0 saturated carbocycles. The van der Waals surface area contributed by atoms with E-state index < -0.39 is 13.2 Å². The van der Waals surface area contributed by atoms with E-state index >= 15 is 0 Å². The molecule has 3 rings (SSSR count). The SMILES string of the molecule is O=C(OCc1ccccc1)n1ccc2cccc(B(O)O)c21. The smallest absolute Gasteiger partial charge is 0.444 e. The Hall–Kier alpha value is -2.57. The van der Waals surface area contributed by atoms with E-state index in [2.05, 4.69) is 0 Å². The Morgan fingerprint density at radius 2 is 1.82 bits per heavy atom. The van der Waals surface area contributed by atoms with Gasteiger partial charge in [-0.3, -0.25) is 4.57 Å². The van der Waals surface area contributed by atoms with Crippen molar-refractivity contribution in [2.24, 2.45) is 0 Å². The summed E-state index contributed by atoms with van der Waals surface area (Å²) in [6.07, 6.45) is 0.996. The Labute approximate surface area is 127 Å². The molecule has 110 valence electrons. The Morgan fingerprint density at radius 3 is 2.55 bits per heavy atom. The number of carbonyl (C=O) groups excluding carboxylic acids is 1. The van der Waals surface area contributed by atoms with Crippen LogP contribution in [-0.2, 0) is 11.3 Å². The molecule has 0 amide bonds. The van der Waals surface area contributed by atoms with Crippen molar-refractivity contribution in [3.05, 3.63) is 66.4 Å². The average Bonchev–Trinajstić information content (AvgIpc) is 2.97. The van der Waals surface area contributed by atoms with Crippen LogP contribution in [0, 0.1) is 0 Å². The predicted octanol–water partition coefficient (Wildman–Crippen LogP) is 1.51. The molecule has 0 saturated heterocycles. The molecule has 3 aromatic rings. The normalized spacial score (nSPS) is 10.6. The Kier molecular flexibility index (Phi) is 3.95. The van der Waals surface area contributed by atoms with Crippen molar-refractivity contribution in [1.82, 2.24) is 4.57 Å². The van der Waals surface area contributed by atoms with Crippen molar-refractivity contribution in [3.8, 4) is 0 Å². The summed E-state index contributed by atoms with van der Waals surface area (Å²) >= 11 is 0. The summed E-state index contributed by atoms with van der Waals surface area (Å²) < 4.78 is 6.56. The number of para-hydroxylation sites is 1. The number of hydrogen-bond acceptors (Lipinski definition) is 4. The van der Waals surface area contributed by atoms with E-state index in [1.165, 1.54) is 4.57 Å². The van der Waals surface area contributed by atoms with Crippen LogP contribution in [0.5, 0.6) is 0 Å². The molecule has 5 nitrogen and oxygen atoms in total. The van der Waals surface area contributed by atoms with Gasteiger partial charge in [0.25, 0.3) is 0 Å². The monoisotopic (exact) mass is 295 g/mol. The van der Waals surface area contributed by atoms with Gasteiger partial charge in [0, 0.05) is 11.7 Å². The van der Waals surface area contributed by atoms with Crippen molar-refractivity contribution in [1.29, 1.82) is 0 Å². The minimum absolute atomic E-state index is 0.156. The van der Waals surface area contributed by atoms with Crippen molar-refractivity contribution in [2.45, 2.75) is 6.61 Å². The lowest BCUT2D eigenvalue weighted by Crippen LogP contribution is -2.32. The molecule has 0 fully saturated rings. The van der Waals surface area contributed by atoms with E-state index in [4.69, 9.17) is 4.74 Å². The first-order valence-electron chi connectivity index (χ1n) is 6.84. The van der Waals surface area contributed by atoms with Gasteiger partial charge >= 0.3 is 13.2 Å². The maximum atomic E-state index is 12.2. The highest BCUT2D eigenvalue weighted by Gasteiger charge is 2.20. The van der Waals surface area contributed by atoms with Crippen LogP contribution in [0.4, 0.5) is 4.79 Å². The quantitative estimate of drug-likeness (QED) is 0.718. The van der Waals surface area contributed by atoms with Crippen LogP contribution in [0.25, 0.3) is 10.9 Å². The summed E-state index contributed by atoms with van der Waals surface area (Å²) in [6, 6.07) is 16.1. The number of aromatic nitrogens is 1. The molecule has 0 bridgehead atoms. The van der Waals surface area contributed by atoms with E-state index in [1.54, 1.807) is 30.5 Å². The fraction of sp³-hybridized carbons (Fsp3) is 0.0625. The van der Waals surface area contributed by atoms with Gasteiger partial charge in [-0.15, -0.1) is 0 Å². The number of hydrogen-bond donors (Lipinski definition) is 2. The van der Waals surface area contributed by atoms with E-state index in [9.17, 15) is 14.8 Å². The van der Waals surface area contributed by atoms with Gasteiger partial charge in [0.2, 0.25) is 0 Å². The van der Waals surface area contributed by atoms with Gasteiger partial charge in [-0.1, -0.05) is 48.5 Å². The van der Waals surface area contributed by atoms with E-state index in [0.29, 0.717) is 5.52 Å². The largest absolute Gasteiger partial charge is 0.490 e. The predicted molar refractivity (Wildman–Crippen MR) is 83.8 cm³/mol. The molecule has 1 heterocycles. The molecule has 0 atom stereocenters. The van der Waals surface area contributed by atoms with Crippen LogP contribution in [-0.4, -0.2) is 27.8 Å². The standard InChI is InChI=1S/C16H14BNO4/c19-16(22-11-12-5-2-1-3-6-12)18-10-9-13-7-4-8-14(15(13)18)17(20)21/h1-10,20-21H,11H2. The van der Waals surface area contributed by atoms with Gasteiger partial charge in [-0.05, 0) is 17.0 Å². The Balaban J connectivity index is 1.88. The van der Waals surface area contributed by atoms with E-state index in [-0.39, 0.29) is 12.1 Å². The first-order chi connectivity index (χ1) is 10.7. The summed E-state index contributed by atoms with van der Waals surface area (Å²) in [6.45, 7) is 0.156. The third-order valence-corrected chi connectivity index (χ3v) is 3.42. The zero-order valence-electron chi connectivity index (χ0n) is 11.7. The first-order valence-corrected chi connectivity index (χ1v) is 6.84. The molecule has 0 aliphatic carbocycles. The van der Waals surface area contributed by atoms with Crippen LogP contribution in [0.2, 0.25) is 0 Å². The fourth-order valence-electron chi connectivity index (χ4n) is 2.37. The molecule has 6 heteroatoms. The van der Waals surface area contributed by atoms with Crippen LogP contribution in [0.15, 0.2) is 60.8 Å². The first kappa shape index (κ1) is 14.4. The molecular weight excluding hydrogens is 281 g/mol. The summed E-state index contributed by atoms with van der Waals surface area (Å²) in [5.74, 6) is 0. The second kappa shape index (κ2) is 6.05. The van der Waals surface area contributed by atoms with Crippen molar-refractivity contribution in [2.75, 3.05) is 0 Å². The minimum Gasteiger partial charge on any atom is -0.444 e. The topological polar surface area (TPSA) is 71.7 Å². The van der Waals surface area contributed by atoms with Gasteiger partial charge in [-0.2, -0.15) is 0 Å². The number of nitrogens with zero attached hydrogens (tertiary/aromatic N) is 1. The Morgan fingerprint density at radius 1 is 1.05 bits per heavy atom.